The third-order valence-electron chi connectivity index (χ3n) is 5.77. The fourth-order valence-electron chi connectivity index (χ4n) is 3.89. The molecule has 2 aromatic heterocycles. The zero-order valence-corrected chi connectivity index (χ0v) is 18.5. The SMILES string of the molecule is O=c1[nH]ncc(OC[C@H]2CC[C@H](CCN3CCN(c4ncc(C(F)(F)F)cn4)CC3)O2)c1Cl. The van der Waals surface area contributed by atoms with E-state index in [1.165, 1.54) is 6.20 Å². The summed E-state index contributed by atoms with van der Waals surface area (Å²) in [5, 5.41) is 5.89. The van der Waals surface area contributed by atoms with E-state index in [1.54, 1.807) is 0 Å². The smallest absolute Gasteiger partial charge is 0.419 e. The van der Waals surface area contributed by atoms with Crippen LogP contribution in [-0.4, -0.2) is 76.6 Å². The van der Waals surface area contributed by atoms with Gasteiger partial charge in [0.15, 0.2) is 10.8 Å². The van der Waals surface area contributed by atoms with Gasteiger partial charge in [-0.1, -0.05) is 11.6 Å². The largest absolute Gasteiger partial charge is 0.487 e. The van der Waals surface area contributed by atoms with Crippen LogP contribution in [0.4, 0.5) is 19.1 Å². The van der Waals surface area contributed by atoms with Crippen molar-refractivity contribution in [2.75, 3.05) is 44.2 Å². The quantitative estimate of drug-likeness (QED) is 0.634. The van der Waals surface area contributed by atoms with Crippen molar-refractivity contribution in [3.63, 3.8) is 0 Å². The fraction of sp³-hybridized carbons (Fsp3) is 0.600. The van der Waals surface area contributed by atoms with Crippen LogP contribution in [0.3, 0.4) is 0 Å². The molecule has 0 spiro atoms. The molecule has 2 aromatic rings. The number of halogens is 4. The van der Waals surface area contributed by atoms with Gasteiger partial charge in [-0.15, -0.1) is 0 Å². The van der Waals surface area contributed by atoms with Crippen LogP contribution in [0.1, 0.15) is 24.8 Å². The Morgan fingerprint density at radius 1 is 1.12 bits per heavy atom. The number of nitrogens with zero attached hydrogens (tertiary/aromatic N) is 5. The molecule has 13 heteroatoms. The molecular weight excluding hydrogens is 465 g/mol. The number of piperazine rings is 1. The van der Waals surface area contributed by atoms with E-state index < -0.39 is 17.3 Å². The number of hydrogen-bond acceptors (Lipinski definition) is 8. The molecule has 2 atom stereocenters. The van der Waals surface area contributed by atoms with Crippen molar-refractivity contribution in [3.8, 4) is 5.75 Å². The van der Waals surface area contributed by atoms with E-state index in [4.69, 9.17) is 21.1 Å². The molecule has 9 nitrogen and oxygen atoms in total. The minimum absolute atomic E-state index is 0.0274. The molecule has 0 unspecified atom stereocenters. The van der Waals surface area contributed by atoms with Gasteiger partial charge in [0, 0.05) is 45.1 Å². The van der Waals surface area contributed by atoms with Crippen molar-refractivity contribution in [1.82, 2.24) is 25.1 Å². The van der Waals surface area contributed by atoms with E-state index in [0.717, 1.165) is 51.3 Å². The molecule has 0 saturated carbocycles. The molecule has 1 N–H and O–H groups in total. The Morgan fingerprint density at radius 2 is 1.82 bits per heavy atom. The summed E-state index contributed by atoms with van der Waals surface area (Å²) in [4.78, 5) is 23.4. The maximum absolute atomic E-state index is 12.7. The second kappa shape index (κ2) is 10.2. The zero-order valence-electron chi connectivity index (χ0n) is 17.7. The first-order chi connectivity index (χ1) is 15.8. The van der Waals surface area contributed by atoms with E-state index >= 15 is 0 Å². The van der Waals surface area contributed by atoms with Gasteiger partial charge in [0.25, 0.3) is 5.56 Å². The number of hydrogen-bond donors (Lipinski definition) is 1. The van der Waals surface area contributed by atoms with Gasteiger partial charge < -0.3 is 14.4 Å². The summed E-state index contributed by atoms with van der Waals surface area (Å²) in [5.41, 5.74) is -1.34. The van der Waals surface area contributed by atoms with E-state index in [1.807, 2.05) is 4.90 Å². The van der Waals surface area contributed by atoms with E-state index in [0.29, 0.717) is 25.6 Å². The van der Waals surface area contributed by atoms with Gasteiger partial charge in [-0.05, 0) is 19.3 Å². The van der Waals surface area contributed by atoms with E-state index in [-0.39, 0.29) is 23.0 Å². The van der Waals surface area contributed by atoms with Crippen molar-refractivity contribution in [2.45, 2.75) is 37.6 Å². The molecule has 2 fully saturated rings. The number of nitrogens with one attached hydrogen (secondary N) is 1. The van der Waals surface area contributed by atoms with Crippen LogP contribution in [-0.2, 0) is 10.9 Å². The number of ether oxygens (including phenoxy) is 2. The Balaban J connectivity index is 1.16. The third-order valence-corrected chi connectivity index (χ3v) is 6.13. The Hall–Kier alpha value is -2.44. The Labute approximate surface area is 192 Å². The molecule has 180 valence electrons. The average molecular weight is 489 g/mol. The molecule has 4 heterocycles. The topological polar surface area (TPSA) is 96.5 Å². The second-order valence-electron chi connectivity index (χ2n) is 8.03. The van der Waals surface area contributed by atoms with E-state index in [9.17, 15) is 18.0 Å². The fourth-order valence-corrected chi connectivity index (χ4v) is 4.04. The highest BCUT2D eigenvalue weighted by atomic mass is 35.5. The minimum Gasteiger partial charge on any atom is -0.487 e. The zero-order chi connectivity index (χ0) is 23.4. The Bertz CT molecular complexity index is 982. The number of rotatable bonds is 7. The molecule has 33 heavy (non-hydrogen) atoms. The molecule has 0 aliphatic carbocycles. The first kappa shape index (κ1) is 23.7. The van der Waals surface area contributed by atoms with Crippen LogP contribution in [0.15, 0.2) is 23.4 Å². The molecule has 0 radical (unpaired) electrons. The molecule has 2 saturated heterocycles. The third kappa shape index (κ3) is 6.12. The number of anilines is 1. The molecular formula is C20H24ClF3N6O3. The predicted octanol–water partition coefficient (Wildman–Crippen LogP) is 2.37. The standard InChI is InChI=1S/C20H24ClF3N6O3/c21-17-16(11-27-28-18(17)31)32-12-15-2-1-14(33-15)3-4-29-5-7-30(8-6-29)19-25-9-13(10-26-19)20(22,23)24/h9-11,14-15H,1-8,12H2,(H,28,31)/t14-,15-/m1/s1. The lowest BCUT2D eigenvalue weighted by atomic mass is 10.1. The summed E-state index contributed by atoms with van der Waals surface area (Å²) >= 11 is 5.91. The van der Waals surface area contributed by atoms with Crippen LogP contribution < -0.4 is 15.2 Å². The Morgan fingerprint density at radius 3 is 2.52 bits per heavy atom. The van der Waals surface area contributed by atoms with Crippen molar-refractivity contribution >= 4 is 17.5 Å². The number of H-pyrrole nitrogens is 1. The number of aromatic nitrogens is 4. The van der Waals surface area contributed by atoms with Crippen LogP contribution in [0.25, 0.3) is 0 Å². The number of aromatic amines is 1. The summed E-state index contributed by atoms with van der Waals surface area (Å²) in [6.45, 7) is 4.02. The second-order valence-corrected chi connectivity index (χ2v) is 8.41. The average Bonchev–Trinajstić information content (AvgIpc) is 3.26. The Kier molecular flexibility index (Phi) is 7.35. The summed E-state index contributed by atoms with van der Waals surface area (Å²) in [7, 11) is 0. The summed E-state index contributed by atoms with van der Waals surface area (Å²) in [5.74, 6) is 0.558. The summed E-state index contributed by atoms with van der Waals surface area (Å²) < 4.78 is 49.6. The van der Waals surface area contributed by atoms with Gasteiger partial charge in [-0.25, -0.2) is 15.1 Å². The summed E-state index contributed by atoms with van der Waals surface area (Å²) in [6.07, 6.45) is 1.30. The normalized spacial score (nSPS) is 22.0. The van der Waals surface area contributed by atoms with Crippen molar-refractivity contribution in [3.05, 3.63) is 39.5 Å². The van der Waals surface area contributed by atoms with Crippen LogP contribution >= 0.6 is 11.6 Å². The first-order valence-corrected chi connectivity index (χ1v) is 11.1. The van der Waals surface area contributed by atoms with Crippen LogP contribution in [0.2, 0.25) is 5.02 Å². The molecule has 0 amide bonds. The van der Waals surface area contributed by atoms with Crippen LogP contribution in [0.5, 0.6) is 5.75 Å². The highest BCUT2D eigenvalue weighted by molar-refractivity contribution is 6.31. The van der Waals surface area contributed by atoms with Crippen molar-refractivity contribution in [1.29, 1.82) is 0 Å². The lowest BCUT2D eigenvalue weighted by Crippen LogP contribution is -2.47. The van der Waals surface area contributed by atoms with Crippen molar-refractivity contribution in [2.24, 2.45) is 0 Å². The predicted molar refractivity (Wildman–Crippen MR) is 114 cm³/mol. The van der Waals surface area contributed by atoms with Gasteiger partial charge in [-0.3, -0.25) is 9.69 Å². The molecule has 0 bridgehead atoms. The lowest BCUT2D eigenvalue weighted by Gasteiger charge is -2.35. The van der Waals surface area contributed by atoms with Crippen molar-refractivity contribution < 1.29 is 22.6 Å². The van der Waals surface area contributed by atoms with Gasteiger partial charge in [0.05, 0.1) is 24.0 Å². The van der Waals surface area contributed by atoms with Gasteiger partial charge in [0.2, 0.25) is 5.95 Å². The molecule has 4 rings (SSSR count). The molecule has 0 aromatic carbocycles. The lowest BCUT2D eigenvalue weighted by molar-refractivity contribution is -0.138. The van der Waals surface area contributed by atoms with Gasteiger partial charge in [0.1, 0.15) is 6.61 Å². The highest BCUT2D eigenvalue weighted by Crippen LogP contribution is 2.29. The number of alkyl halides is 3. The van der Waals surface area contributed by atoms with Gasteiger partial charge in [-0.2, -0.15) is 18.3 Å². The monoisotopic (exact) mass is 488 g/mol. The minimum atomic E-state index is -4.43. The van der Waals surface area contributed by atoms with Crippen LogP contribution in [0, 0.1) is 0 Å². The molecule has 2 aliphatic heterocycles. The summed E-state index contributed by atoms with van der Waals surface area (Å²) in [6, 6.07) is 0. The molecule has 2 aliphatic rings. The highest BCUT2D eigenvalue weighted by Gasteiger charge is 2.32. The maximum Gasteiger partial charge on any atom is 0.419 e. The van der Waals surface area contributed by atoms with Gasteiger partial charge >= 0.3 is 6.18 Å². The maximum atomic E-state index is 12.7. The van der Waals surface area contributed by atoms with E-state index in [2.05, 4.69) is 25.1 Å². The first-order valence-electron chi connectivity index (χ1n) is 10.7.